The number of ketones is 1. The highest BCUT2D eigenvalue weighted by molar-refractivity contribution is 6.30. The summed E-state index contributed by atoms with van der Waals surface area (Å²) in [6, 6.07) is 14.8. The van der Waals surface area contributed by atoms with Gasteiger partial charge in [-0.15, -0.1) is 0 Å². The highest BCUT2D eigenvalue weighted by atomic mass is 35.5. The molecule has 0 amide bonds. The van der Waals surface area contributed by atoms with Crippen molar-refractivity contribution in [1.82, 2.24) is 4.57 Å². The van der Waals surface area contributed by atoms with Crippen LogP contribution in [0.5, 0.6) is 5.75 Å². The van der Waals surface area contributed by atoms with Crippen molar-refractivity contribution in [1.29, 1.82) is 0 Å². The molecule has 0 N–H and O–H groups in total. The number of hydrogen-bond acceptors (Lipinski definition) is 2. The lowest BCUT2D eigenvalue weighted by Crippen LogP contribution is -2.09. The number of ether oxygens (including phenoxy) is 1. The van der Waals surface area contributed by atoms with Gasteiger partial charge in [-0.25, -0.2) is 0 Å². The zero-order valence-corrected chi connectivity index (χ0v) is 12.3. The van der Waals surface area contributed by atoms with Crippen LogP contribution in [0.1, 0.15) is 10.4 Å². The molecule has 0 saturated carbocycles. The van der Waals surface area contributed by atoms with Crippen molar-refractivity contribution in [2.24, 2.45) is 0 Å². The summed E-state index contributed by atoms with van der Waals surface area (Å²) in [7, 11) is 1.64. The monoisotopic (exact) mass is 299 g/mol. The lowest BCUT2D eigenvalue weighted by atomic mass is 10.1. The summed E-state index contributed by atoms with van der Waals surface area (Å²) in [4.78, 5) is 12.3. The second kappa shape index (κ2) is 5.62. The molecule has 0 fully saturated rings. The Morgan fingerprint density at radius 1 is 1.14 bits per heavy atom. The first kappa shape index (κ1) is 13.7. The van der Waals surface area contributed by atoms with Crippen LogP contribution >= 0.6 is 11.6 Å². The average Bonchev–Trinajstić information content (AvgIpc) is 2.90. The van der Waals surface area contributed by atoms with E-state index in [0.717, 1.165) is 16.7 Å². The standard InChI is InChI=1S/C17H14ClNO2/c1-21-15-6-7-16-13(10-15)8-9-19(16)11-17(20)12-2-4-14(18)5-3-12/h2-10H,11H2,1H3. The summed E-state index contributed by atoms with van der Waals surface area (Å²) >= 11 is 5.84. The summed E-state index contributed by atoms with van der Waals surface area (Å²) < 4.78 is 7.14. The van der Waals surface area contributed by atoms with Gasteiger partial charge in [-0.1, -0.05) is 11.6 Å². The van der Waals surface area contributed by atoms with Crippen LogP contribution in [0, 0.1) is 0 Å². The fourth-order valence-corrected chi connectivity index (χ4v) is 2.45. The van der Waals surface area contributed by atoms with Gasteiger partial charge in [-0.2, -0.15) is 0 Å². The van der Waals surface area contributed by atoms with Gasteiger partial charge in [0.25, 0.3) is 0 Å². The third kappa shape index (κ3) is 2.78. The van der Waals surface area contributed by atoms with E-state index >= 15 is 0 Å². The number of carbonyl (C=O) groups excluding carboxylic acids is 1. The van der Waals surface area contributed by atoms with Crippen LogP contribution in [0.15, 0.2) is 54.7 Å². The van der Waals surface area contributed by atoms with Crippen LogP contribution in [-0.4, -0.2) is 17.5 Å². The third-order valence-corrected chi connectivity index (χ3v) is 3.71. The van der Waals surface area contributed by atoms with E-state index in [1.54, 1.807) is 31.4 Å². The number of rotatable bonds is 4. The van der Waals surface area contributed by atoms with Gasteiger partial charge in [0.05, 0.1) is 13.7 Å². The molecule has 3 rings (SSSR count). The minimum atomic E-state index is 0.0555. The van der Waals surface area contributed by atoms with Crippen molar-refractivity contribution < 1.29 is 9.53 Å². The zero-order valence-electron chi connectivity index (χ0n) is 11.5. The highest BCUT2D eigenvalue weighted by Gasteiger charge is 2.09. The van der Waals surface area contributed by atoms with Gasteiger partial charge in [-0.3, -0.25) is 4.79 Å². The quantitative estimate of drug-likeness (QED) is 0.677. The summed E-state index contributed by atoms with van der Waals surface area (Å²) in [5.41, 5.74) is 1.67. The normalized spacial score (nSPS) is 10.8. The summed E-state index contributed by atoms with van der Waals surface area (Å²) in [6.07, 6.45) is 1.91. The molecule has 1 aromatic heterocycles. The third-order valence-electron chi connectivity index (χ3n) is 3.46. The van der Waals surface area contributed by atoms with Crippen molar-refractivity contribution in [3.63, 3.8) is 0 Å². The van der Waals surface area contributed by atoms with Crippen LogP contribution < -0.4 is 4.74 Å². The Morgan fingerprint density at radius 3 is 2.62 bits per heavy atom. The lowest BCUT2D eigenvalue weighted by molar-refractivity contribution is 0.0973. The summed E-state index contributed by atoms with van der Waals surface area (Å²) in [5, 5.41) is 1.68. The van der Waals surface area contributed by atoms with Crippen molar-refractivity contribution >= 4 is 28.3 Å². The number of methoxy groups -OCH3 is 1. The fraction of sp³-hybridized carbons (Fsp3) is 0.118. The maximum Gasteiger partial charge on any atom is 0.182 e. The van der Waals surface area contributed by atoms with Gasteiger partial charge < -0.3 is 9.30 Å². The SMILES string of the molecule is COc1ccc2c(ccn2CC(=O)c2ccc(Cl)cc2)c1. The van der Waals surface area contributed by atoms with E-state index in [0.29, 0.717) is 17.1 Å². The molecule has 0 aliphatic carbocycles. The number of nitrogens with zero attached hydrogens (tertiary/aromatic N) is 1. The van der Waals surface area contributed by atoms with E-state index in [1.165, 1.54) is 0 Å². The molecule has 0 saturated heterocycles. The largest absolute Gasteiger partial charge is 0.497 e. The van der Waals surface area contributed by atoms with Crippen LogP contribution in [0.4, 0.5) is 0 Å². The fourth-order valence-electron chi connectivity index (χ4n) is 2.32. The van der Waals surface area contributed by atoms with E-state index in [9.17, 15) is 4.79 Å². The minimum Gasteiger partial charge on any atom is -0.497 e. The highest BCUT2D eigenvalue weighted by Crippen LogP contribution is 2.22. The number of aromatic nitrogens is 1. The van der Waals surface area contributed by atoms with Gasteiger partial charge in [-0.05, 0) is 48.5 Å². The van der Waals surface area contributed by atoms with Crippen molar-refractivity contribution in [3.05, 3.63) is 65.3 Å². The van der Waals surface area contributed by atoms with Crippen molar-refractivity contribution in [2.45, 2.75) is 6.54 Å². The Morgan fingerprint density at radius 2 is 1.90 bits per heavy atom. The van der Waals surface area contributed by atoms with E-state index < -0.39 is 0 Å². The molecule has 0 bridgehead atoms. The molecule has 2 aromatic carbocycles. The second-order valence-electron chi connectivity index (χ2n) is 4.80. The molecule has 0 spiro atoms. The molecule has 4 heteroatoms. The molecular weight excluding hydrogens is 286 g/mol. The number of halogens is 1. The molecule has 3 nitrogen and oxygen atoms in total. The number of fused-ring (bicyclic) bond motifs is 1. The van der Waals surface area contributed by atoms with E-state index in [-0.39, 0.29) is 5.78 Å². The molecule has 21 heavy (non-hydrogen) atoms. The number of Topliss-reactive ketones (excluding diaryl/α,β-unsaturated/α-hetero) is 1. The number of benzene rings is 2. The van der Waals surface area contributed by atoms with Gasteiger partial charge in [0.2, 0.25) is 0 Å². The number of hydrogen-bond donors (Lipinski definition) is 0. The Kier molecular flexibility index (Phi) is 3.67. The topological polar surface area (TPSA) is 31.2 Å². The molecule has 0 atom stereocenters. The number of carbonyl (C=O) groups is 1. The smallest absolute Gasteiger partial charge is 0.182 e. The summed E-state index contributed by atoms with van der Waals surface area (Å²) in [5.74, 6) is 0.865. The van der Waals surface area contributed by atoms with Crippen LogP contribution in [0.25, 0.3) is 10.9 Å². The van der Waals surface area contributed by atoms with E-state index in [1.807, 2.05) is 35.0 Å². The Bertz CT molecular complexity index is 790. The Hall–Kier alpha value is -2.26. The maximum absolute atomic E-state index is 12.3. The minimum absolute atomic E-state index is 0.0555. The van der Waals surface area contributed by atoms with Gasteiger partial charge >= 0.3 is 0 Å². The molecule has 0 aliphatic rings. The Labute approximate surface area is 127 Å². The molecule has 0 radical (unpaired) electrons. The first-order valence-electron chi connectivity index (χ1n) is 6.59. The van der Waals surface area contributed by atoms with Crippen molar-refractivity contribution in [2.75, 3.05) is 7.11 Å². The first-order chi connectivity index (χ1) is 10.2. The van der Waals surface area contributed by atoms with Gasteiger partial charge in [0, 0.05) is 27.7 Å². The molecule has 1 heterocycles. The summed E-state index contributed by atoms with van der Waals surface area (Å²) in [6.45, 7) is 0.303. The zero-order chi connectivity index (χ0) is 14.8. The lowest BCUT2D eigenvalue weighted by Gasteiger charge is -2.06. The molecular formula is C17H14ClNO2. The van der Waals surface area contributed by atoms with Crippen LogP contribution in [-0.2, 0) is 6.54 Å². The van der Waals surface area contributed by atoms with Crippen molar-refractivity contribution in [3.8, 4) is 5.75 Å². The van der Waals surface area contributed by atoms with E-state index in [4.69, 9.17) is 16.3 Å². The van der Waals surface area contributed by atoms with Crippen LogP contribution in [0.3, 0.4) is 0 Å². The van der Waals surface area contributed by atoms with E-state index in [2.05, 4.69) is 0 Å². The van der Waals surface area contributed by atoms with Gasteiger partial charge in [0.15, 0.2) is 5.78 Å². The van der Waals surface area contributed by atoms with Crippen LogP contribution in [0.2, 0.25) is 5.02 Å². The predicted molar refractivity (Wildman–Crippen MR) is 84.3 cm³/mol. The molecule has 106 valence electrons. The predicted octanol–water partition coefficient (Wildman–Crippen LogP) is 4.19. The van der Waals surface area contributed by atoms with Gasteiger partial charge in [0.1, 0.15) is 5.75 Å². The molecule has 3 aromatic rings. The first-order valence-corrected chi connectivity index (χ1v) is 6.97. The Balaban J connectivity index is 1.87. The average molecular weight is 300 g/mol. The maximum atomic E-state index is 12.3. The molecule has 0 aliphatic heterocycles. The second-order valence-corrected chi connectivity index (χ2v) is 5.23. The molecule has 0 unspecified atom stereocenters.